The van der Waals surface area contributed by atoms with E-state index < -0.39 is 11.9 Å². The van der Waals surface area contributed by atoms with Crippen LogP contribution in [0.5, 0.6) is 0 Å². The maximum Gasteiger partial charge on any atom is 0.343 e. The average molecular weight is 309 g/mol. The summed E-state index contributed by atoms with van der Waals surface area (Å²) in [6, 6.07) is 0. The van der Waals surface area contributed by atoms with E-state index in [2.05, 4.69) is 15.2 Å². The van der Waals surface area contributed by atoms with Crippen LogP contribution in [0.1, 0.15) is 25.6 Å². The Bertz CT molecular complexity index is 691. The van der Waals surface area contributed by atoms with Crippen LogP contribution in [0, 0.1) is 0 Å². The number of carbonyl (C=O) groups is 2. The molecular formula is C12H15N5O3S. The van der Waals surface area contributed by atoms with Crippen LogP contribution in [0.15, 0.2) is 12.4 Å². The number of primary amides is 1. The molecule has 5 N–H and O–H groups in total. The summed E-state index contributed by atoms with van der Waals surface area (Å²) < 4.78 is 6.35. The van der Waals surface area contributed by atoms with E-state index in [1.807, 2.05) is 6.20 Å². The third kappa shape index (κ3) is 2.97. The zero-order chi connectivity index (χ0) is 15.6. The Kier molecular flexibility index (Phi) is 4.13. The molecular weight excluding hydrogens is 294 g/mol. The molecule has 0 fully saturated rings. The molecule has 2 aromatic rings. The van der Waals surface area contributed by atoms with Crippen molar-refractivity contribution in [2.45, 2.75) is 6.54 Å². The van der Waals surface area contributed by atoms with Crippen LogP contribution in [0.3, 0.4) is 0 Å². The molecule has 2 aromatic heterocycles. The molecule has 112 valence electrons. The van der Waals surface area contributed by atoms with Crippen molar-refractivity contribution in [3.05, 3.63) is 28.4 Å². The Labute approximate surface area is 124 Å². The van der Waals surface area contributed by atoms with E-state index in [4.69, 9.17) is 11.5 Å². The fraction of sp³-hybridized carbons (Fsp3) is 0.250. The normalized spacial score (nSPS) is 10.4. The fourth-order valence-corrected chi connectivity index (χ4v) is 2.76. The van der Waals surface area contributed by atoms with E-state index in [9.17, 15) is 9.59 Å². The Morgan fingerprint density at radius 1 is 1.52 bits per heavy atom. The van der Waals surface area contributed by atoms with E-state index in [0.29, 0.717) is 11.5 Å². The van der Waals surface area contributed by atoms with Crippen molar-refractivity contribution < 1.29 is 14.3 Å². The van der Waals surface area contributed by atoms with Gasteiger partial charge in [0.15, 0.2) is 0 Å². The molecule has 0 atom stereocenters. The lowest BCUT2D eigenvalue weighted by atomic mass is 10.2. The third-order valence-electron chi connectivity index (χ3n) is 2.77. The average Bonchev–Trinajstić information content (AvgIpc) is 2.99. The predicted molar refractivity (Wildman–Crippen MR) is 79.1 cm³/mol. The lowest BCUT2D eigenvalue weighted by molar-refractivity contribution is 0.0603. The molecule has 2 heterocycles. The number of nitrogen functional groups attached to an aromatic ring is 1. The molecule has 1 amide bonds. The Morgan fingerprint density at radius 3 is 2.76 bits per heavy atom. The van der Waals surface area contributed by atoms with Crippen LogP contribution < -0.4 is 16.8 Å². The number of carbonyl (C=O) groups excluding carboxylic acids is 2. The third-order valence-corrected chi connectivity index (χ3v) is 3.95. The molecule has 0 radical (unpaired) electrons. The second-order valence-electron chi connectivity index (χ2n) is 4.28. The van der Waals surface area contributed by atoms with Crippen LogP contribution in [0.2, 0.25) is 0 Å². The number of hydrogen-bond acceptors (Lipinski definition) is 7. The molecule has 0 bridgehead atoms. The van der Waals surface area contributed by atoms with Gasteiger partial charge in [-0.05, 0) is 0 Å². The zero-order valence-corrected chi connectivity index (χ0v) is 12.4. The monoisotopic (exact) mass is 309 g/mol. The molecule has 9 heteroatoms. The van der Waals surface area contributed by atoms with Crippen LogP contribution >= 0.6 is 11.3 Å². The van der Waals surface area contributed by atoms with Crippen LogP contribution in [-0.2, 0) is 18.3 Å². The van der Waals surface area contributed by atoms with E-state index >= 15 is 0 Å². The number of aryl methyl sites for hydroxylation is 1. The first kappa shape index (κ1) is 14.9. The van der Waals surface area contributed by atoms with Gasteiger partial charge in [-0.2, -0.15) is 5.10 Å². The second kappa shape index (κ2) is 5.83. The molecule has 8 nitrogen and oxygen atoms in total. The number of hydrogen-bond donors (Lipinski definition) is 3. The largest absolute Gasteiger partial charge is 0.465 e. The van der Waals surface area contributed by atoms with E-state index in [1.165, 1.54) is 7.11 Å². The molecule has 0 spiro atoms. The van der Waals surface area contributed by atoms with Gasteiger partial charge in [0, 0.05) is 25.4 Å². The number of aromatic nitrogens is 2. The number of thiophene rings is 1. The molecule has 2 rings (SSSR count). The highest BCUT2D eigenvalue weighted by molar-refractivity contribution is 7.19. The fourth-order valence-electron chi connectivity index (χ4n) is 1.80. The minimum absolute atomic E-state index is 0.0352. The van der Waals surface area contributed by atoms with Crippen LogP contribution in [-0.4, -0.2) is 28.8 Å². The van der Waals surface area contributed by atoms with Crippen molar-refractivity contribution in [1.29, 1.82) is 0 Å². The van der Waals surface area contributed by atoms with Crippen LogP contribution in [0.4, 0.5) is 10.7 Å². The number of amides is 1. The van der Waals surface area contributed by atoms with Crippen molar-refractivity contribution in [2.75, 3.05) is 18.2 Å². The van der Waals surface area contributed by atoms with Gasteiger partial charge in [-0.15, -0.1) is 11.3 Å². The first-order valence-electron chi connectivity index (χ1n) is 5.95. The van der Waals surface area contributed by atoms with Gasteiger partial charge in [-0.25, -0.2) is 4.79 Å². The van der Waals surface area contributed by atoms with Crippen molar-refractivity contribution in [1.82, 2.24) is 9.78 Å². The summed E-state index contributed by atoms with van der Waals surface area (Å²) in [4.78, 5) is 23.3. The molecule has 0 saturated heterocycles. The molecule has 0 saturated carbocycles. The minimum Gasteiger partial charge on any atom is -0.465 e. The van der Waals surface area contributed by atoms with E-state index in [1.54, 1.807) is 17.9 Å². The topological polar surface area (TPSA) is 125 Å². The Balaban J connectivity index is 2.30. The number of nitrogens with one attached hydrogen (secondary N) is 1. The summed E-state index contributed by atoms with van der Waals surface area (Å²) in [6.45, 7) is 0.427. The van der Waals surface area contributed by atoms with Crippen molar-refractivity contribution in [3.8, 4) is 0 Å². The van der Waals surface area contributed by atoms with Gasteiger partial charge >= 0.3 is 5.97 Å². The molecule has 0 aromatic carbocycles. The van der Waals surface area contributed by atoms with Gasteiger partial charge in [0.2, 0.25) is 0 Å². The number of methoxy groups -OCH3 is 1. The van der Waals surface area contributed by atoms with Gasteiger partial charge in [0.25, 0.3) is 5.91 Å². The van der Waals surface area contributed by atoms with Gasteiger partial charge in [0.05, 0.1) is 19.0 Å². The maximum atomic E-state index is 11.8. The van der Waals surface area contributed by atoms with E-state index in [-0.39, 0.29) is 16.1 Å². The second-order valence-corrected chi connectivity index (χ2v) is 5.30. The van der Waals surface area contributed by atoms with E-state index in [0.717, 1.165) is 16.9 Å². The smallest absolute Gasteiger partial charge is 0.343 e. The summed E-state index contributed by atoms with van der Waals surface area (Å²) in [5.74, 6) is -1.30. The highest BCUT2D eigenvalue weighted by Gasteiger charge is 2.25. The van der Waals surface area contributed by atoms with Gasteiger partial charge in [-0.1, -0.05) is 0 Å². The molecule has 0 aliphatic rings. The van der Waals surface area contributed by atoms with Gasteiger partial charge in [0.1, 0.15) is 15.4 Å². The lowest BCUT2D eigenvalue weighted by Gasteiger charge is -2.05. The first-order valence-corrected chi connectivity index (χ1v) is 6.77. The highest BCUT2D eigenvalue weighted by Crippen LogP contribution is 2.36. The summed E-state index contributed by atoms with van der Waals surface area (Å²) in [6.07, 6.45) is 3.52. The first-order chi connectivity index (χ1) is 9.93. The number of nitrogens with zero attached hydrogens (tertiary/aromatic N) is 2. The SMILES string of the molecule is COC(=O)c1c(NCc2cnn(C)c2)sc(C(N)=O)c1N. The number of esters is 1. The number of rotatable bonds is 5. The van der Waals surface area contributed by atoms with Crippen molar-refractivity contribution >= 4 is 33.9 Å². The summed E-state index contributed by atoms with van der Waals surface area (Å²) in [5, 5.41) is 7.54. The quantitative estimate of drug-likeness (QED) is 0.693. The summed E-state index contributed by atoms with van der Waals surface area (Å²) in [7, 11) is 3.05. The molecule has 0 aliphatic carbocycles. The Morgan fingerprint density at radius 2 is 2.24 bits per heavy atom. The molecule has 0 aliphatic heterocycles. The zero-order valence-electron chi connectivity index (χ0n) is 11.5. The minimum atomic E-state index is -0.683. The standard InChI is InChI=1S/C12H15N5O3S/c1-17-5-6(4-16-17)3-15-11-7(12(19)20-2)8(13)9(21-11)10(14)18/h4-5,15H,3,13H2,1-2H3,(H2,14,18). The molecule has 0 unspecified atom stereocenters. The molecule has 21 heavy (non-hydrogen) atoms. The lowest BCUT2D eigenvalue weighted by Crippen LogP contribution is -2.12. The maximum absolute atomic E-state index is 11.8. The van der Waals surface area contributed by atoms with Crippen LogP contribution in [0.25, 0.3) is 0 Å². The number of nitrogens with two attached hydrogens (primary N) is 2. The summed E-state index contributed by atoms with van der Waals surface area (Å²) >= 11 is 1.03. The van der Waals surface area contributed by atoms with Gasteiger partial charge in [-0.3, -0.25) is 9.48 Å². The number of ether oxygens (including phenoxy) is 1. The highest BCUT2D eigenvalue weighted by atomic mass is 32.1. The van der Waals surface area contributed by atoms with Gasteiger partial charge < -0.3 is 21.5 Å². The predicted octanol–water partition coefficient (Wildman–Crippen LogP) is 0.561. The number of anilines is 2. The van der Waals surface area contributed by atoms with Crippen molar-refractivity contribution in [3.63, 3.8) is 0 Å². The summed E-state index contributed by atoms with van der Waals surface area (Å²) in [5.41, 5.74) is 12.1. The Hall–Kier alpha value is -2.55. The van der Waals surface area contributed by atoms with Crippen molar-refractivity contribution in [2.24, 2.45) is 12.8 Å².